The van der Waals surface area contributed by atoms with Crippen LogP contribution in [0.25, 0.3) is 5.95 Å². The third-order valence-electron chi connectivity index (χ3n) is 3.02. The predicted octanol–water partition coefficient (Wildman–Crippen LogP) is 2.12. The van der Waals surface area contributed by atoms with E-state index in [1.165, 1.54) is 18.5 Å². The number of rotatable bonds is 4. The molecule has 6 nitrogen and oxygen atoms in total. The van der Waals surface area contributed by atoms with Crippen LogP contribution in [0.3, 0.4) is 0 Å². The van der Waals surface area contributed by atoms with Gasteiger partial charge in [0.25, 0.3) is 0 Å². The van der Waals surface area contributed by atoms with E-state index >= 15 is 0 Å². The smallest absolute Gasteiger partial charge is 0.234 e. The standard InChI is InChI=1S/C15H11F2N5O/c16-11-2-1-10(13(17)6-11)5-14(23)21-12-7-19-15(20-8-12)22-4-3-18-9-22/h1-4,6-9H,5H2,(H,21,23). The molecule has 0 bridgehead atoms. The van der Waals surface area contributed by atoms with Gasteiger partial charge in [-0.1, -0.05) is 6.07 Å². The Hall–Kier alpha value is -3.16. The van der Waals surface area contributed by atoms with Crippen LogP contribution in [-0.2, 0) is 11.2 Å². The monoisotopic (exact) mass is 315 g/mol. The Bertz CT molecular complexity index is 818. The van der Waals surface area contributed by atoms with Gasteiger partial charge >= 0.3 is 0 Å². The van der Waals surface area contributed by atoms with Crippen LogP contribution in [0.5, 0.6) is 0 Å². The molecule has 3 aromatic rings. The highest BCUT2D eigenvalue weighted by Crippen LogP contribution is 2.12. The van der Waals surface area contributed by atoms with Crippen molar-refractivity contribution in [1.82, 2.24) is 19.5 Å². The van der Waals surface area contributed by atoms with Gasteiger partial charge in [-0.05, 0) is 11.6 Å². The van der Waals surface area contributed by atoms with E-state index < -0.39 is 17.5 Å². The molecule has 0 unspecified atom stereocenters. The summed E-state index contributed by atoms with van der Waals surface area (Å²) in [7, 11) is 0. The number of hydrogen-bond acceptors (Lipinski definition) is 4. The average Bonchev–Trinajstić information content (AvgIpc) is 3.05. The lowest BCUT2D eigenvalue weighted by Gasteiger charge is -2.06. The van der Waals surface area contributed by atoms with Crippen molar-refractivity contribution < 1.29 is 13.6 Å². The van der Waals surface area contributed by atoms with Gasteiger partial charge in [0, 0.05) is 18.5 Å². The Kier molecular flexibility index (Phi) is 4.05. The third kappa shape index (κ3) is 3.54. The van der Waals surface area contributed by atoms with Crippen LogP contribution >= 0.6 is 0 Å². The second-order valence-electron chi connectivity index (χ2n) is 4.70. The number of imidazole rings is 1. The minimum atomic E-state index is -0.758. The van der Waals surface area contributed by atoms with E-state index in [2.05, 4.69) is 20.3 Å². The average molecular weight is 315 g/mol. The van der Waals surface area contributed by atoms with Gasteiger partial charge in [-0.15, -0.1) is 0 Å². The summed E-state index contributed by atoms with van der Waals surface area (Å²) in [6, 6.07) is 3.09. The molecule has 2 aromatic heterocycles. The van der Waals surface area contributed by atoms with Crippen molar-refractivity contribution in [2.75, 3.05) is 5.32 Å². The number of amides is 1. The molecule has 8 heteroatoms. The van der Waals surface area contributed by atoms with Gasteiger partial charge in [-0.3, -0.25) is 9.36 Å². The van der Waals surface area contributed by atoms with Crippen molar-refractivity contribution in [1.29, 1.82) is 0 Å². The summed E-state index contributed by atoms with van der Waals surface area (Å²) in [4.78, 5) is 23.9. The molecule has 0 spiro atoms. The van der Waals surface area contributed by atoms with Crippen molar-refractivity contribution >= 4 is 11.6 Å². The highest BCUT2D eigenvalue weighted by atomic mass is 19.1. The minimum Gasteiger partial charge on any atom is -0.323 e. The first kappa shape index (κ1) is 14.8. The fourth-order valence-electron chi connectivity index (χ4n) is 1.94. The third-order valence-corrected chi connectivity index (χ3v) is 3.02. The lowest BCUT2D eigenvalue weighted by Crippen LogP contribution is -2.16. The number of benzene rings is 1. The number of carbonyl (C=O) groups excluding carboxylic acids is 1. The Balaban J connectivity index is 1.66. The first-order valence-electron chi connectivity index (χ1n) is 6.66. The lowest BCUT2D eigenvalue weighted by molar-refractivity contribution is -0.115. The zero-order valence-corrected chi connectivity index (χ0v) is 11.8. The molecule has 0 atom stereocenters. The summed E-state index contributed by atoms with van der Waals surface area (Å²) >= 11 is 0. The number of aromatic nitrogens is 4. The van der Waals surface area contributed by atoms with Gasteiger partial charge in [0.1, 0.15) is 18.0 Å². The molecule has 1 amide bonds. The maximum Gasteiger partial charge on any atom is 0.234 e. The number of nitrogens with zero attached hydrogens (tertiary/aromatic N) is 4. The highest BCUT2D eigenvalue weighted by molar-refractivity contribution is 5.91. The van der Waals surface area contributed by atoms with Crippen molar-refractivity contribution in [3.63, 3.8) is 0 Å². The first-order valence-corrected chi connectivity index (χ1v) is 6.66. The van der Waals surface area contributed by atoms with Crippen molar-refractivity contribution in [3.05, 3.63) is 66.5 Å². The second-order valence-corrected chi connectivity index (χ2v) is 4.70. The molecule has 0 aliphatic carbocycles. The van der Waals surface area contributed by atoms with E-state index in [-0.39, 0.29) is 12.0 Å². The molecule has 0 aliphatic heterocycles. The van der Waals surface area contributed by atoms with E-state index in [0.717, 1.165) is 12.1 Å². The number of nitrogens with one attached hydrogen (secondary N) is 1. The Labute approximate surface area is 129 Å². The van der Waals surface area contributed by atoms with Crippen LogP contribution in [0, 0.1) is 11.6 Å². The van der Waals surface area contributed by atoms with E-state index in [0.29, 0.717) is 11.6 Å². The molecule has 1 aromatic carbocycles. The van der Waals surface area contributed by atoms with Gasteiger partial charge in [-0.25, -0.2) is 23.7 Å². The molecular formula is C15H11F2N5O. The SMILES string of the molecule is O=C(Cc1ccc(F)cc1F)Nc1cnc(-n2ccnc2)nc1. The van der Waals surface area contributed by atoms with Crippen LogP contribution in [0.1, 0.15) is 5.56 Å². The highest BCUT2D eigenvalue weighted by Gasteiger charge is 2.10. The summed E-state index contributed by atoms with van der Waals surface area (Å²) in [5.74, 6) is -1.48. The van der Waals surface area contributed by atoms with Crippen molar-refractivity contribution in [3.8, 4) is 5.95 Å². The molecule has 116 valence electrons. The van der Waals surface area contributed by atoms with Crippen LogP contribution in [0.2, 0.25) is 0 Å². The number of anilines is 1. The molecule has 2 heterocycles. The number of carbonyl (C=O) groups is 1. The van der Waals surface area contributed by atoms with E-state index in [9.17, 15) is 13.6 Å². The summed E-state index contributed by atoms with van der Waals surface area (Å²) in [5.41, 5.74) is 0.487. The molecule has 1 N–H and O–H groups in total. The van der Waals surface area contributed by atoms with Crippen LogP contribution < -0.4 is 5.32 Å². The lowest BCUT2D eigenvalue weighted by atomic mass is 10.1. The summed E-state index contributed by atoms with van der Waals surface area (Å²) in [6.07, 6.45) is 7.48. The molecule has 23 heavy (non-hydrogen) atoms. The van der Waals surface area contributed by atoms with Gasteiger partial charge in [-0.2, -0.15) is 0 Å². The second kappa shape index (κ2) is 6.30. The van der Waals surface area contributed by atoms with Crippen LogP contribution in [-0.4, -0.2) is 25.4 Å². The van der Waals surface area contributed by atoms with Crippen molar-refractivity contribution in [2.24, 2.45) is 0 Å². The van der Waals surface area contributed by atoms with Crippen LogP contribution in [0.15, 0.2) is 49.3 Å². The zero-order chi connectivity index (χ0) is 16.2. The molecular weight excluding hydrogens is 304 g/mol. The quantitative estimate of drug-likeness (QED) is 0.800. The Morgan fingerprint density at radius 1 is 1.22 bits per heavy atom. The molecule has 0 saturated carbocycles. The fraction of sp³-hybridized carbons (Fsp3) is 0.0667. The van der Waals surface area contributed by atoms with E-state index in [4.69, 9.17) is 0 Å². The largest absolute Gasteiger partial charge is 0.323 e. The Morgan fingerprint density at radius 2 is 2.00 bits per heavy atom. The molecule has 0 fully saturated rings. The predicted molar refractivity (Wildman–Crippen MR) is 77.8 cm³/mol. The zero-order valence-electron chi connectivity index (χ0n) is 11.8. The summed E-state index contributed by atoms with van der Waals surface area (Å²) in [5, 5.41) is 2.56. The maximum absolute atomic E-state index is 13.5. The van der Waals surface area contributed by atoms with Gasteiger partial charge < -0.3 is 5.32 Å². The molecule has 3 rings (SSSR count). The van der Waals surface area contributed by atoms with E-state index in [1.54, 1.807) is 23.3 Å². The molecule has 0 saturated heterocycles. The van der Waals surface area contributed by atoms with Gasteiger partial charge in [0.05, 0.1) is 24.5 Å². The summed E-state index contributed by atoms with van der Waals surface area (Å²) in [6.45, 7) is 0. The topological polar surface area (TPSA) is 72.7 Å². The number of hydrogen-bond donors (Lipinski definition) is 1. The maximum atomic E-state index is 13.5. The van der Waals surface area contributed by atoms with Gasteiger partial charge in [0.15, 0.2) is 0 Å². The van der Waals surface area contributed by atoms with Crippen molar-refractivity contribution in [2.45, 2.75) is 6.42 Å². The normalized spacial score (nSPS) is 10.5. The summed E-state index contributed by atoms with van der Waals surface area (Å²) < 4.78 is 27.9. The Morgan fingerprint density at radius 3 is 2.65 bits per heavy atom. The molecule has 0 radical (unpaired) electrons. The molecule has 0 aliphatic rings. The fourth-order valence-corrected chi connectivity index (χ4v) is 1.94. The van der Waals surface area contributed by atoms with E-state index in [1.807, 2.05) is 0 Å². The van der Waals surface area contributed by atoms with Crippen LogP contribution in [0.4, 0.5) is 14.5 Å². The first-order chi connectivity index (χ1) is 11.1. The number of halogens is 2. The minimum absolute atomic E-state index is 0.111. The van der Waals surface area contributed by atoms with Gasteiger partial charge in [0.2, 0.25) is 11.9 Å².